The minimum atomic E-state index is 0.729. The Labute approximate surface area is 98.3 Å². The van der Waals surface area contributed by atoms with E-state index >= 15 is 0 Å². The number of hydrogen-bond donors (Lipinski definition) is 0. The van der Waals surface area contributed by atoms with Gasteiger partial charge in [0.2, 0.25) is 0 Å². The van der Waals surface area contributed by atoms with Crippen LogP contribution in [0.4, 0.5) is 0 Å². The van der Waals surface area contributed by atoms with Crippen molar-refractivity contribution in [3.8, 4) is 0 Å². The second-order valence-corrected chi connectivity index (χ2v) is 3.89. The van der Waals surface area contributed by atoms with Crippen molar-refractivity contribution >= 4 is 6.21 Å². The molecule has 2 nitrogen and oxygen atoms in total. The van der Waals surface area contributed by atoms with E-state index in [-0.39, 0.29) is 0 Å². The van der Waals surface area contributed by atoms with Crippen molar-refractivity contribution in [2.45, 2.75) is 39.0 Å². The van der Waals surface area contributed by atoms with E-state index in [9.17, 15) is 0 Å². The number of unbranched alkanes of at least 4 members (excludes halogenated alkanes) is 4. The van der Waals surface area contributed by atoms with Crippen molar-refractivity contribution in [2.75, 3.05) is 6.61 Å². The Hall–Kier alpha value is -1.31. The average Bonchev–Trinajstić information content (AvgIpc) is 2.34. The first-order valence-corrected chi connectivity index (χ1v) is 6.14. The van der Waals surface area contributed by atoms with Gasteiger partial charge in [-0.05, 0) is 18.4 Å². The molecule has 88 valence electrons. The third kappa shape index (κ3) is 6.23. The van der Waals surface area contributed by atoms with E-state index in [0.717, 1.165) is 18.6 Å². The molecule has 1 aromatic rings. The van der Waals surface area contributed by atoms with Gasteiger partial charge in [-0.15, -0.1) is 0 Å². The van der Waals surface area contributed by atoms with Gasteiger partial charge in [-0.1, -0.05) is 61.7 Å². The van der Waals surface area contributed by atoms with E-state index in [2.05, 4.69) is 12.1 Å². The number of benzene rings is 1. The topological polar surface area (TPSA) is 21.6 Å². The second kappa shape index (κ2) is 8.96. The largest absolute Gasteiger partial charge is 0.396 e. The van der Waals surface area contributed by atoms with Crippen LogP contribution in [0, 0.1) is 0 Å². The molecule has 0 unspecified atom stereocenters. The van der Waals surface area contributed by atoms with Crippen LogP contribution >= 0.6 is 0 Å². The standard InChI is InChI=1S/C14H21NO/c1-2-3-4-5-9-12-16-15-13-14-10-7-6-8-11-14/h6-8,10-11,13H,2-5,9,12H2,1H3/b15-13+. The van der Waals surface area contributed by atoms with Crippen LogP contribution < -0.4 is 0 Å². The summed E-state index contributed by atoms with van der Waals surface area (Å²) in [6.45, 7) is 2.95. The molecule has 1 aromatic carbocycles. The maximum atomic E-state index is 5.19. The fraction of sp³-hybridized carbons (Fsp3) is 0.500. The lowest BCUT2D eigenvalue weighted by atomic mass is 10.2. The predicted molar refractivity (Wildman–Crippen MR) is 68.7 cm³/mol. The summed E-state index contributed by atoms with van der Waals surface area (Å²) in [4.78, 5) is 5.19. The van der Waals surface area contributed by atoms with Crippen LogP contribution in [-0.2, 0) is 4.84 Å². The van der Waals surface area contributed by atoms with Gasteiger partial charge in [-0.25, -0.2) is 0 Å². The number of hydrogen-bond acceptors (Lipinski definition) is 2. The molecule has 0 aliphatic heterocycles. The van der Waals surface area contributed by atoms with Crippen molar-refractivity contribution in [1.82, 2.24) is 0 Å². The van der Waals surface area contributed by atoms with Crippen LogP contribution in [0.5, 0.6) is 0 Å². The third-order valence-electron chi connectivity index (χ3n) is 2.42. The highest BCUT2D eigenvalue weighted by molar-refractivity contribution is 5.78. The maximum Gasteiger partial charge on any atom is 0.117 e. The zero-order chi connectivity index (χ0) is 11.5. The third-order valence-corrected chi connectivity index (χ3v) is 2.42. The molecule has 0 saturated heterocycles. The van der Waals surface area contributed by atoms with E-state index in [4.69, 9.17) is 4.84 Å². The Balaban J connectivity index is 2.01. The molecule has 0 amide bonds. The molecular formula is C14H21NO. The van der Waals surface area contributed by atoms with Crippen LogP contribution in [0.2, 0.25) is 0 Å². The lowest BCUT2D eigenvalue weighted by Crippen LogP contribution is -1.89. The minimum Gasteiger partial charge on any atom is -0.396 e. The highest BCUT2D eigenvalue weighted by Gasteiger charge is 1.89. The summed E-state index contributed by atoms with van der Waals surface area (Å²) in [6, 6.07) is 9.99. The lowest BCUT2D eigenvalue weighted by molar-refractivity contribution is 0.141. The summed E-state index contributed by atoms with van der Waals surface area (Å²) in [5.74, 6) is 0. The zero-order valence-corrected chi connectivity index (χ0v) is 10.1. The summed E-state index contributed by atoms with van der Waals surface area (Å²) in [5, 5.41) is 3.93. The van der Waals surface area contributed by atoms with Crippen molar-refractivity contribution in [2.24, 2.45) is 5.16 Å². The van der Waals surface area contributed by atoms with Crippen LogP contribution in [0.15, 0.2) is 35.5 Å². The van der Waals surface area contributed by atoms with Gasteiger partial charge in [0.15, 0.2) is 0 Å². The highest BCUT2D eigenvalue weighted by Crippen LogP contribution is 2.02. The first-order chi connectivity index (χ1) is 7.93. The summed E-state index contributed by atoms with van der Waals surface area (Å²) >= 11 is 0. The smallest absolute Gasteiger partial charge is 0.117 e. The molecule has 0 radical (unpaired) electrons. The molecule has 0 aliphatic carbocycles. The highest BCUT2D eigenvalue weighted by atomic mass is 16.6. The van der Waals surface area contributed by atoms with Gasteiger partial charge < -0.3 is 4.84 Å². The molecule has 0 saturated carbocycles. The van der Waals surface area contributed by atoms with Crippen molar-refractivity contribution < 1.29 is 4.84 Å². The Bertz CT molecular complexity index is 282. The van der Waals surface area contributed by atoms with E-state index < -0.39 is 0 Å². The summed E-state index contributed by atoms with van der Waals surface area (Å²) < 4.78 is 0. The molecule has 0 heterocycles. The van der Waals surface area contributed by atoms with Crippen molar-refractivity contribution in [3.05, 3.63) is 35.9 Å². The van der Waals surface area contributed by atoms with Crippen LogP contribution in [-0.4, -0.2) is 12.8 Å². The average molecular weight is 219 g/mol. The van der Waals surface area contributed by atoms with E-state index in [1.807, 2.05) is 30.3 Å². The van der Waals surface area contributed by atoms with Gasteiger partial charge in [0.05, 0.1) is 6.21 Å². The molecule has 0 bridgehead atoms. The molecule has 2 heteroatoms. The quantitative estimate of drug-likeness (QED) is 0.368. The summed E-state index contributed by atoms with van der Waals surface area (Å²) in [5.41, 5.74) is 1.08. The first-order valence-electron chi connectivity index (χ1n) is 6.14. The number of nitrogens with zero attached hydrogens (tertiary/aromatic N) is 1. The molecule has 16 heavy (non-hydrogen) atoms. The first kappa shape index (κ1) is 12.8. The molecular weight excluding hydrogens is 198 g/mol. The van der Waals surface area contributed by atoms with Crippen LogP contribution in [0.25, 0.3) is 0 Å². The van der Waals surface area contributed by atoms with E-state index in [1.165, 1.54) is 25.7 Å². The normalized spacial score (nSPS) is 10.8. The fourth-order valence-electron chi connectivity index (χ4n) is 1.46. The molecule has 0 N–H and O–H groups in total. The minimum absolute atomic E-state index is 0.729. The van der Waals surface area contributed by atoms with Gasteiger partial charge in [0.1, 0.15) is 6.61 Å². The SMILES string of the molecule is CCCCCCCO/N=C/c1ccccc1. The van der Waals surface area contributed by atoms with Gasteiger partial charge in [-0.3, -0.25) is 0 Å². The Morgan fingerprint density at radius 1 is 1.06 bits per heavy atom. The molecule has 0 atom stereocenters. The predicted octanol–water partition coefficient (Wildman–Crippen LogP) is 4.01. The summed E-state index contributed by atoms with van der Waals surface area (Å²) in [6.07, 6.45) is 8.02. The number of oxime groups is 1. The van der Waals surface area contributed by atoms with E-state index in [1.54, 1.807) is 6.21 Å². The zero-order valence-electron chi connectivity index (χ0n) is 10.1. The number of rotatable bonds is 8. The molecule has 1 rings (SSSR count). The molecule has 0 spiro atoms. The lowest BCUT2D eigenvalue weighted by Gasteiger charge is -1.99. The van der Waals surface area contributed by atoms with E-state index in [0.29, 0.717) is 0 Å². The monoisotopic (exact) mass is 219 g/mol. The van der Waals surface area contributed by atoms with Crippen LogP contribution in [0.3, 0.4) is 0 Å². The second-order valence-electron chi connectivity index (χ2n) is 3.89. The molecule has 0 aliphatic rings. The van der Waals surface area contributed by atoms with Crippen LogP contribution in [0.1, 0.15) is 44.6 Å². The maximum absolute atomic E-state index is 5.19. The van der Waals surface area contributed by atoms with Gasteiger partial charge in [-0.2, -0.15) is 0 Å². The van der Waals surface area contributed by atoms with Gasteiger partial charge in [0.25, 0.3) is 0 Å². The van der Waals surface area contributed by atoms with Crippen molar-refractivity contribution in [1.29, 1.82) is 0 Å². The Morgan fingerprint density at radius 2 is 1.81 bits per heavy atom. The Kier molecular flexibility index (Phi) is 7.14. The molecule has 0 fully saturated rings. The molecule has 0 aromatic heterocycles. The Morgan fingerprint density at radius 3 is 2.56 bits per heavy atom. The van der Waals surface area contributed by atoms with Gasteiger partial charge >= 0.3 is 0 Å². The van der Waals surface area contributed by atoms with Gasteiger partial charge in [0, 0.05) is 0 Å². The van der Waals surface area contributed by atoms with Crippen molar-refractivity contribution in [3.63, 3.8) is 0 Å². The summed E-state index contributed by atoms with van der Waals surface area (Å²) in [7, 11) is 0. The fourth-order valence-corrected chi connectivity index (χ4v) is 1.46.